The third-order valence-electron chi connectivity index (χ3n) is 5.08. The van der Waals surface area contributed by atoms with Crippen molar-refractivity contribution in [1.29, 1.82) is 0 Å². The minimum Gasteiger partial charge on any atom is -0.493 e. The van der Waals surface area contributed by atoms with Crippen LogP contribution in [0.3, 0.4) is 0 Å². The molecule has 0 unspecified atom stereocenters. The van der Waals surface area contributed by atoms with Crippen LogP contribution in [0.1, 0.15) is 18.1 Å². The number of ether oxygens (including phenoxy) is 2. The van der Waals surface area contributed by atoms with Gasteiger partial charge in [0.15, 0.2) is 11.5 Å². The summed E-state index contributed by atoms with van der Waals surface area (Å²) in [6.45, 7) is 2.21. The van der Waals surface area contributed by atoms with E-state index in [0.29, 0.717) is 24.5 Å². The number of urea groups is 1. The van der Waals surface area contributed by atoms with Gasteiger partial charge in [-0.05, 0) is 49.4 Å². The normalized spacial score (nSPS) is 18.7. The van der Waals surface area contributed by atoms with Gasteiger partial charge in [0.2, 0.25) is 0 Å². The molecule has 0 spiro atoms. The van der Waals surface area contributed by atoms with E-state index in [1.54, 1.807) is 57.4 Å². The predicted molar refractivity (Wildman–Crippen MR) is 110 cm³/mol. The molecule has 1 atom stereocenters. The minimum atomic E-state index is -1.07. The van der Waals surface area contributed by atoms with Crippen molar-refractivity contribution in [2.24, 2.45) is 0 Å². The van der Waals surface area contributed by atoms with E-state index in [0.717, 1.165) is 11.1 Å². The van der Waals surface area contributed by atoms with E-state index < -0.39 is 11.6 Å². The zero-order chi connectivity index (χ0) is 21.9. The number of carbonyl (C=O) groups excluding carboxylic acids is 2. The monoisotopic (exact) mass is 415 g/mol. The van der Waals surface area contributed by atoms with Crippen LogP contribution in [0.2, 0.25) is 0 Å². The number of methoxy groups -OCH3 is 2. The first-order valence-corrected chi connectivity index (χ1v) is 9.54. The van der Waals surface area contributed by atoms with Crippen LogP contribution in [-0.4, -0.2) is 55.2 Å². The van der Waals surface area contributed by atoms with Crippen molar-refractivity contribution in [3.63, 3.8) is 0 Å². The standard InChI is InChI=1S/C22H26FN3O4/c1-22(12-15-8-9-18(29-3)19(11-15)30-4)20(27)26(21(28)24-22)14-25(2)13-16-6-5-7-17(23)10-16/h5-11H,12-14H2,1-4H3,(H,24,28)/t22-/m1/s1. The molecule has 0 aromatic heterocycles. The van der Waals surface area contributed by atoms with Crippen LogP contribution >= 0.6 is 0 Å². The summed E-state index contributed by atoms with van der Waals surface area (Å²) in [5, 5.41) is 2.80. The Hall–Kier alpha value is -3.13. The number of nitrogens with zero attached hydrogens (tertiary/aromatic N) is 2. The summed E-state index contributed by atoms with van der Waals surface area (Å²) >= 11 is 0. The van der Waals surface area contributed by atoms with Crippen molar-refractivity contribution in [2.45, 2.75) is 25.4 Å². The van der Waals surface area contributed by atoms with Crippen LogP contribution in [0, 0.1) is 5.82 Å². The highest BCUT2D eigenvalue weighted by Gasteiger charge is 2.47. The van der Waals surface area contributed by atoms with Crippen molar-refractivity contribution in [2.75, 3.05) is 27.9 Å². The van der Waals surface area contributed by atoms with E-state index in [2.05, 4.69) is 5.32 Å². The number of amides is 3. The Morgan fingerprint density at radius 2 is 1.80 bits per heavy atom. The molecule has 3 amide bonds. The number of nitrogens with one attached hydrogen (secondary N) is 1. The van der Waals surface area contributed by atoms with Gasteiger partial charge in [-0.1, -0.05) is 18.2 Å². The molecule has 1 aliphatic rings. The summed E-state index contributed by atoms with van der Waals surface area (Å²) in [6, 6.07) is 11.2. The van der Waals surface area contributed by atoms with Gasteiger partial charge in [0.05, 0.1) is 20.9 Å². The van der Waals surface area contributed by atoms with E-state index in [1.807, 2.05) is 6.07 Å². The lowest BCUT2D eigenvalue weighted by Crippen LogP contribution is -2.46. The lowest BCUT2D eigenvalue weighted by molar-refractivity contribution is -0.132. The quantitative estimate of drug-likeness (QED) is 0.672. The van der Waals surface area contributed by atoms with Crippen molar-refractivity contribution in [3.8, 4) is 11.5 Å². The van der Waals surface area contributed by atoms with Crippen molar-refractivity contribution >= 4 is 11.9 Å². The second-order valence-corrected chi connectivity index (χ2v) is 7.65. The lowest BCUT2D eigenvalue weighted by Gasteiger charge is -2.25. The fraction of sp³-hybridized carbons (Fsp3) is 0.364. The number of rotatable bonds is 8. The van der Waals surface area contributed by atoms with E-state index in [4.69, 9.17) is 9.47 Å². The minimum absolute atomic E-state index is 0.0999. The molecule has 7 nitrogen and oxygen atoms in total. The van der Waals surface area contributed by atoms with Crippen LogP contribution in [0.5, 0.6) is 11.5 Å². The van der Waals surface area contributed by atoms with Crippen LogP contribution in [0.4, 0.5) is 9.18 Å². The largest absolute Gasteiger partial charge is 0.493 e. The number of halogens is 1. The highest BCUT2D eigenvalue weighted by atomic mass is 19.1. The van der Waals surface area contributed by atoms with Gasteiger partial charge < -0.3 is 14.8 Å². The zero-order valence-corrected chi connectivity index (χ0v) is 17.6. The Bertz CT molecular complexity index is 952. The molecule has 0 bridgehead atoms. The fourth-order valence-electron chi connectivity index (χ4n) is 3.63. The number of carbonyl (C=O) groups is 2. The fourth-order valence-corrected chi connectivity index (χ4v) is 3.63. The first-order valence-electron chi connectivity index (χ1n) is 9.54. The summed E-state index contributed by atoms with van der Waals surface area (Å²) in [6.07, 6.45) is 0.308. The average molecular weight is 415 g/mol. The molecular formula is C22H26FN3O4. The highest BCUT2D eigenvalue weighted by Crippen LogP contribution is 2.30. The summed E-state index contributed by atoms with van der Waals surface area (Å²) in [5.74, 6) is 0.516. The third kappa shape index (κ3) is 4.54. The Morgan fingerprint density at radius 3 is 2.47 bits per heavy atom. The first kappa shape index (κ1) is 21.6. The second-order valence-electron chi connectivity index (χ2n) is 7.65. The van der Waals surface area contributed by atoms with Gasteiger partial charge in [0, 0.05) is 13.0 Å². The van der Waals surface area contributed by atoms with Gasteiger partial charge >= 0.3 is 6.03 Å². The number of imide groups is 1. The van der Waals surface area contributed by atoms with Gasteiger partial charge in [-0.3, -0.25) is 9.69 Å². The van der Waals surface area contributed by atoms with Gasteiger partial charge in [-0.2, -0.15) is 0 Å². The molecule has 2 aromatic rings. The lowest BCUT2D eigenvalue weighted by atomic mass is 9.92. The molecule has 1 saturated heterocycles. The maximum Gasteiger partial charge on any atom is 0.326 e. The predicted octanol–water partition coefficient (Wildman–Crippen LogP) is 2.79. The van der Waals surface area contributed by atoms with Crippen molar-refractivity contribution in [3.05, 3.63) is 59.4 Å². The van der Waals surface area contributed by atoms with Crippen LogP contribution in [0.25, 0.3) is 0 Å². The SMILES string of the molecule is COc1ccc(C[C@@]2(C)NC(=O)N(CN(C)Cc3cccc(F)c3)C2=O)cc1OC. The Labute approximate surface area is 175 Å². The Balaban J connectivity index is 1.70. The van der Waals surface area contributed by atoms with Crippen LogP contribution in [0.15, 0.2) is 42.5 Å². The molecule has 1 aliphatic heterocycles. The van der Waals surface area contributed by atoms with Crippen LogP contribution < -0.4 is 14.8 Å². The third-order valence-corrected chi connectivity index (χ3v) is 5.08. The molecule has 1 N–H and O–H groups in total. The Morgan fingerprint density at radius 1 is 1.07 bits per heavy atom. The molecule has 0 saturated carbocycles. The molecule has 30 heavy (non-hydrogen) atoms. The highest BCUT2D eigenvalue weighted by molar-refractivity contribution is 6.06. The summed E-state index contributed by atoms with van der Waals surface area (Å²) in [5.41, 5.74) is 0.521. The number of hydrogen-bond donors (Lipinski definition) is 1. The Kier molecular flexibility index (Phi) is 6.26. The topological polar surface area (TPSA) is 71.1 Å². The van der Waals surface area contributed by atoms with Gasteiger partial charge in [0.1, 0.15) is 11.4 Å². The summed E-state index contributed by atoms with van der Waals surface area (Å²) in [7, 11) is 4.87. The van der Waals surface area contributed by atoms with E-state index in [-0.39, 0.29) is 18.4 Å². The molecule has 3 rings (SSSR count). The average Bonchev–Trinajstić information content (AvgIpc) is 2.90. The van der Waals surface area contributed by atoms with Crippen LogP contribution in [-0.2, 0) is 17.8 Å². The molecular weight excluding hydrogens is 389 g/mol. The molecule has 8 heteroatoms. The van der Waals surface area contributed by atoms with Gasteiger partial charge in [-0.15, -0.1) is 0 Å². The van der Waals surface area contributed by atoms with Crippen molar-refractivity contribution < 1.29 is 23.5 Å². The summed E-state index contributed by atoms with van der Waals surface area (Å²) in [4.78, 5) is 28.5. The maximum atomic E-state index is 13.4. The second kappa shape index (κ2) is 8.71. The van der Waals surface area contributed by atoms with E-state index in [1.165, 1.54) is 17.0 Å². The summed E-state index contributed by atoms with van der Waals surface area (Å²) < 4.78 is 24.0. The molecule has 1 heterocycles. The van der Waals surface area contributed by atoms with Gasteiger partial charge in [0.25, 0.3) is 5.91 Å². The first-order chi connectivity index (χ1) is 14.3. The molecule has 160 valence electrons. The van der Waals surface area contributed by atoms with E-state index >= 15 is 0 Å². The molecule has 0 radical (unpaired) electrons. The van der Waals surface area contributed by atoms with Gasteiger partial charge in [-0.25, -0.2) is 14.1 Å². The zero-order valence-electron chi connectivity index (χ0n) is 17.6. The van der Waals surface area contributed by atoms with E-state index in [9.17, 15) is 14.0 Å². The van der Waals surface area contributed by atoms with Crippen molar-refractivity contribution in [1.82, 2.24) is 15.1 Å². The smallest absolute Gasteiger partial charge is 0.326 e. The number of hydrogen-bond acceptors (Lipinski definition) is 5. The number of benzene rings is 2. The molecule has 2 aromatic carbocycles. The maximum absolute atomic E-state index is 13.4. The molecule has 1 fully saturated rings. The molecule has 0 aliphatic carbocycles.